The number of aromatic amines is 1. The lowest BCUT2D eigenvalue weighted by Crippen LogP contribution is -2.15. The molecule has 0 aliphatic heterocycles. The first kappa shape index (κ1) is 14.9. The quantitative estimate of drug-likeness (QED) is 0.467. The van der Waals surface area contributed by atoms with Gasteiger partial charge in [0.2, 0.25) is 0 Å². The Bertz CT molecular complexity index is 446. The van der Waals surface area contributed by atoms with Crippen molar-refractivity contribution in [1.82, 2.24) is 10.2 Å². The summed E-state index contributed by atoms with van der Waals surface area (Å²) in [6.07, 6.45) is -5.08. The first-order chi connectivity index (χ1) is 8.85. The van der Waals surface area contributed by atoms with E-state index in [1.807, 2.05) is 0 Å². The van der Waals surface area contributed by atoms with Gasteiger partial charge in [-0.1, -0.05) is 0 Å². The Morgan fingerprint density at radius 2 is 2.26 bits per heavy atom. The fraction of sp³-hybridized carbons (Fsp3) is 0.556. The highest BCUT2D eigenvalue weighted by molar-refractivity contribution is 5.38. The van der Waals surface area contributed by atoms with E-state index in [1.54, 1.807) is 0 Å². The van der Waals surface area contributed by atoms with E-state index >= 15 is 0 Å². The fourth-order valence-electron chi connectivity index (χ4n) is 1.54. The summed E-state index contributed by atoms with van der Waals surface area (Å²) in [5.41, 5.74) is -0.516. The zero-order valence-electron chi connectivity index (χ0n) is 9.51. The molecule has 1 atom stereocenters. The van der Waals surface area contributed by atoms with Gasteiger partial charge in [-0.2, -0.15) is 18.3 Å². The van der Waals surface area contributed by atoms with Crippen LogP contribution in [0.3, 0.4) is 0 Å². The average molecular weight is 281 g/mol. The predicted octanol–water partition coefficient (Wildman–Crippen LogP) is 1.92. The van der Waals surface area contributed by atoms with E-state index in [0.717, 1.165) is 6.20 Å². The molecule has 0 saturated heterocycles. The van der Waals surface area contributed by atoms with Crippen LogP contribution in [0.25, 0.3) is 0 Å². The maximum absolute atomic E-state index is 12.2. The van der Waals surface area contributed by atoms with Gasteiger partial charge >= 0.3 is 11.9 Å². The summed E-state index contributed by atoms with van der Waals surface area (Å²) >= 11 is 0. The van der Waals surface area contributed by atoms with Crippen LogP contribution in [0.5, 0.6) is 0 Å². The lowest BCUT2D eigenvalue weighted by molar-refractivity contribution is -0.385. The van der Waals surface area contributed by atoms with Crippen LogP contribution in [0.15, 0.2) is 6.20 Å². The summed E-state index contributed by atoms with van der Waals surface area (Å²) in [5.74, 6) is -0.963. The Balaban J connectivity index is 2.86. The van der Waals surface area contributed by atoms with E-state index < -0.39 is 35.5 Å². The Morgan fingerprint density at radius 3 is 2.79 bits per heavy atom. The minimum absolute atomic E-state index is 0.0722. The van der Waals surface area contributed by atoms with E-state index in [2.05, 4.69) is 14.9 Å². The molecule has 1 heterocycles. The van der Waals surface area contributed by atoms with Crippen LogP contribution in [0.1, 0.15) is 24.5 Å². The van der Waals surface area contributed by atoms with Crippen LogP contribution >= 0.6 is 0 Å². The minimum atomic E-state index is -4.39. The Labute approximate surface area is 104 Å². The number of nitrogens with zero attached hydrogens (tertiary/aromatic N) is 2. The number of hydrogen-bond acceptors (Lipinski definition) is 5. The van der Waals surface area contributed by atoms with Gasteiger partial charge in [0.1, 0.15) is 11.9 Å². The van der Waals surface area contributed by atoms with Crippen LogP contribution in [0.2, 0.25) is 0 Å². The molecule has 0 aliphatic carbocycles. The number of nitro groups is 1. The number of rotatable bonds is 7. The third-order valence-electron chi connectivity index (χ3n) is 2.39. The third-order valence-corrected chi connectivity index (χ3v) is 2.39. The predicted molar refractivity (Wildman–Crippen MR) is 55.3 cm³/mol. The number of aromatic nitrogens is 2. The van der Waals surface area contributed by atoms with Crippen LogP contribution in [0, 0.1) is 10.1 Å². The van der Waals surface area contributed by atoms with Crippen LogP contribution in [0.4, 0.5) is 18.9 Å². The van der Waals surface area contributed by atoms with E-state index in [9.17, 15) is 28.1 Å². The van der Waals surface area contributed by atoms with Crippen molar-refractivity contribution in [3.8, 4) is 0 Å². The average Bonchev–Trinajstić information content (AvgIpc) is 2.77. The van der Waals surface area contributed by atoms with Gasteiger partial charge in [-0.25, -0.2) is 0 Å². The summed E-state index contributed by atoms with van der Waals surface area (Å²) in [6.45, 7) is -0.314. The SMILES string of the molecule is O=COCC(CCC(F)(F)F)c1[nH]ncc1[N+](=O)[O-]. The molecule has 1 aromatic heterocycles. The molecule has 10 heteroatoms. The molecule has 7 nitrogen and oxygen atoms in total. The van der Waals surface area contributed by atoms with Crippen molar-refractivity contribution >= 4 is 12.2 Å². The molecule has 19 heavy (non-hydrogen) atoms. The monoisotopic (exact) mass is 281 g/mol. The normalized spacial score (nSPS) is 13.0. The maximum Gasteiger partial charge on any atom is 0.389 e. The maximum atomic E-state index is 12.2. The number of H-pyrrole nitrogens is 1. The van der Waals surface area contributed by atoms with Gasteiger partial charge in [-0.15, -0.1) is 0 Å². The number of nitrogens with one attached hydrogen (secondary N) is 1. The number of ether oxygens (including phenoxy) is 1. The number of alkyl halides is 3. The smallest absolute Gasteiger partial charge is 0.389 e. The van der Waals surface area contributed by atoms with Gasteiger partial charge in [0.05, 0.1) is 11.5 Å². The molecule has 0 aliphatic rings. The molecule has 1 unspecified atom stereocenters. The molecule has 0 aromatic carbocycles. The highest BCUT2D eigenvalue weighted by Gasteiger charge is 2.32. The van der Waals surface area contributed by atoms with Gasteiger partial charge in [-0.05, 0) is 6.42 Å². The topological polar surface area (TPSA) is 98.1 Å². The summed E-state index contributed by atoms with van der Waals surface area (Å²) in [5, 5.41) is 16.4. The molecule has 0 bridgehead atoms. The standard InChI is InChI=1S/C9H10F3N3O4/c10-9(11,12)2-1-6(4-19-5-16)8-7(15(17)18)3-13-14-8/h3,5-6H,1-2,4H2,(H,13,14). The molecule has 1 rings (SSSR count). The van der Waals surface area contributed by atoms with E-state index in [4.69, 9.17) is 0 Å². The highest BCUT2D eigenvalue weighted by Crippen LogP contribution is 2.32. The van der Waals surface area contributed by atoms with Crippen LogP contribution < -0.4 is 0 Å². The first-order valence-electron chi connectivity index (χ1n) is 5.14. The lowest BCUT2D eigenvalue weighted by atomic mass is 9.99. The molecular formula is C9H10F3N3O4. The van der Waals surface area contributed by atoms with Gasteiger partial charge in [0.15, 0.2) is 0 Å². The molecule has 0 radical (unpaired) electrons. The zero-order chi connectivity index (χ0) is 14.5. The number of hydrogen-bond donors (Lipinski definition) is 1. The van der Waals surface area contributed by atoms with Crippen molar-refractivity contribution in [3.05, 3.63) is 22.0 Å². The van der Waals surface area contributed by atoms with E-state index in [1.165, 1.54) is 0 Å². The number of carbonyl (C=O) groups is 1. The van der Waals surface area contributed by atoms with E-state index in [-0.39, 0.29) is 18.8 Å². The largest absolute Gasteiger partial charge is 0.467 e. The van der Waals surface area contributed by atoms with Crippen LogP contribution in [-0.4, -0.2) is 34.4 Å². The third kappa shape index (κ3) is 4.56. The molecule has 0 saturated carbocycles. The molecule has 0 spiro atoms. The molecule has 0 fully saturated rings. The zero-order valence-corrected chi connectivity index (χ0v) is 9.51. The second kappa shape index (κ2) is 6.16. The van der Waals surface area contributed by atoms with Crippen molar-refractivity contribution in [2.75, 3.05) is 6.61 Å². The second-order valence-electron chi connectivity index (χ2n) is 3.71. The number of carbonyl (C=O) groups excluding carboxylic acids is 1. The van der Waals surface area contributed by atoms with Crippen molar-refractivity contribution < 1.29 is 27.6 Å². The molecule has 1 N–H and O–H groups in total. The fourth-order valence-corrected chi connectivity index (χ4v) is 1.54. The van der Waals surface area contributed by atoms with Gasteiger partial charge < -0.3 is 4.74 Å². The molecular weight excluding hydrogens is 271 g/mol. The summed E-state index contributed by atoms with van der Waals surface area (Å²) < 4.78 is 40.9. The van der Waals surface area contributed by atoms with Gasteiger partial charge in [0, 0.05) is 12.3 Å². The lowest BCUT2D eigenvalue weighted by Gasteiger charge is -2.14. The summed E-state index contributed by atoms with van der Waals surface area (Å²) in [7, 11) is 0. The highest BCUT2D eigenvalue weighted by atomic mass is 19.4. The van der Waals surface area contributed by atoms with Crippen molar-refractivity contribution in [2.45, 2.75) is 24.9 Å². The number of halogens is 3. The molecule has 106 valence electrons. The first-order valence-corrected chi connectivity index (χ1v) is 5.14. The van der Waals surface area contributed by atoms with Gasteiger partial charge in [-0.3, -0.25) is 20.0 Å². The Kier molecular flexibility index (Phi) is 4.84. The van der Waals surface area contributed by atoms with Crippen LogP contribution in [-0.2, 0) is 9.53 Å². The summed E-state index contributed by atoms with van der Waals surface area (Å²) in [6, 6.07) is 0. The van der Waals surface area contributed by atoms with Crippen molar-refractivity contribution in [1.29, 1.82) is 0 Å². The summed E-state index contributed by atoms with van der Waals surface area (Å²) in [4.78, 5) is 20.0. The minimum Gasteiger partial charge on any atom is -0.467 e. The van der Waals surface area contributed by atoms with Crippen molar-refractivity contribution in [3.63, 3.8) is 0 Å². The Hall–Kier alpha value is -2.13. The Morgan fingerprint density at radius 1 is 1.58 bits per heavy atom. The van der Waals surface area contributed by atoms with Crippen molar-refractivity contribution in [2.24, 2.45) is 0 Å². The van der Waals surface area contributed by atoms with E-state index in [0.29, 0.717) is 0 Å². The van der Waals surface area contributed by atoms with Gasteiger partial charge in [0.25, 0.3) is 6.47 Å². The molecule has 1 aromatic rings. The second-order valence-corrected chi connectivity index (χ2v) is 3.71. The molecule has 0 amide bonds.